The Labute approximate surface area is 362 Å². The molecule has 1 aliphatic rings. The summed E-state index contributed by atoms with van der Waals surface area (Å²) in [5, 5.41) is 9.99. The van der Waals surface area contributed by atoms with Gasteiger partial charge in [0.1, 0.15) is 11.2 Å². The highest BCUT2D eigenvalue weighted by molar-refractivity contribution is 6.14. The van der Waals surface area contributed by atoms with Crippen molar-refractivity contribution >= 4 is 71.3 Å². The molecular formula is C60H45NO. The molecule has 10 aromatic carbocycles. The van der Waals surface area contributed by atoms with E-state index in [4.69, 9.17) is 4.42 Å². The molecule has 0 spiro atoms. The van der Waals surface area contributed by atoms with Gasteiger partial charge in [0.05, 0.1) is 11.4 Å². The van der Waals surface area contributed by atoms with Crippen molar-refractivity contribution in [2.24, 2.45) is 0 Å². The van der Waals surface area contributed by atoms with Gasteiger partial charge in [0.2, 0.25) is 0 Å². The van der Waals surface area contributed by atoms with Crippen molar-refractivity contribution in [3.63, 3.8) is 0 Å². The summed E-state index contributed by atoms with van der Waals surface area (Å²) in [4.78, 5) is 2.50. The molecule has 0 bridgehead atoms. The minimum absolute atomic E-state index is 0.573. The zero-order valence-electron chi connectivity index (χ0n) is 34.6. The second kappa shape index (κ2) is 15.2. The summed E-state index contributed by atoms with van der Waals surface area (Å²) in [6.45, 7) is 0. The van der Waals surface area contributed by atoms with E-state index in [1.165, 1.54) is 92.2 Å². The third-order valence-corrected chi connectivity index (χ3v) is 13.5. The number of furan rings is 1. The lowest BCUT2D eigenvalue weighted by Gasteiger charge is -2.31. The van der Waals surface area contributed by atoms with Gasteiger partial charge < -0.3 is 9.32 Å². The van der Waals surface area contributed by atoms with Crippen LogP contribution in [0.25, 0.3) is 87.6 Å². The summed E-state index contributed by atoms with van der Waals surface area (Å²) in [7, 11) is 0. The van der Waals surface area contributed by atoms with E-state index in [0.717, 1.165) is 50.1 Å². The maximum Gasteiger partial charge on any atom is 0.143 e. The van der Waals surface area contributed by atoms with Gasteiger partial charge in [-0.25, -0.2) is 0 Å². The number of hydrogen-bond donors (Lipinski definition) is 0. The molecule has 0 atom stereocenters. The number of anilines is 3. The lowest BCUT2D eigenvalue weighted by Crippen LogP contribution is -2.12. The van der Waals surface area contributed by atoms with Gasteiger partial charge >= 0.3 is 0 Å². The molecule has 2 heteroatoms. The summed E-state index contributed by atoms with van der Waals surface area (Å²) < 4.78 is 6.52. The van der Waals surface area contributed by atoms with Crippen molar-refractivity contribution in [2.75, 3.05) is 4.90 Å². The van der Waals surface area contributed by atoms with Crippen molar-refractivity contribution < 1.29 is 4.42 Å². The minimum Gasteiger partial charge on any atom is -0.455 e. The summed E-state index contributed by atoms with van der Waals surface area (Å²) in [6, 6.07) is 75.9. The van der Waals surface area contributed by atoms with E-state index in [1.807, 2.05) is 6.07 Å². The fourth-order valence-corrected chi connectivity index (χ4v) is 10.6. The second-order valence-electron chi connectivity index (χ2n) is 17.0. The highest BCUT2D eigenvalue weighted by atomic mass is 16.3. The van der Waals surface area contributed by atoms with Crippen LogP contribution < -0.4 is 4.90 Å². The fourth-order valence-electron chi connectivity index (χ4n) is 10.6. The molecule has 0 N–H and O–H groups in total. The van der Waals surface area contributed by atoms with Crippen LogP contribution in [0.3, 0.4) is 0 Å². The average molecular weight is 796 g/mol. The molecule has 296 valence electrons. The molecule has 1 fully saturated rings. The molecule has 1 heterocycles. The first-order valence-corrected chi connectivity index (χ1v) is 22.2. The van der Waals surface area contributed by atoms with Crippen LogP contribution >= 0.6 is 0 Å². The predicted molar refractivity (Wildman–Crippen MR) is 263 cm³/mol. The van der Waals surface area contributed by atoms with Crippen LogP contribution in [-0.4, -0.2) is 0 Å². The van der Waals surface area contributed by atoms with E-state index in [0.29, 0.717) is 5.92 Å². The highest BCUT2D eigenvalue weighted by Gasteiger charge is 2.25. The Kier molecular flexibility index (Phi) is 8.96. The van der Waals surface area contributed by atoms with Crippen molar-refractivity contribution in [2.45, 2.75) is 38.0 Å². The second-order valence-corrected chi connectivity index (χ2v) is 17.0. The van der Waals surface area contributed by atoms with Crippen LogP contribution in [0.2, 0.25) is 0 Å². The molecule has 0 saturated heterocycles. The predicted octanol–water partition coefficient (Wildman–Crippen LogP) is 17.6. The molecule has 62 heavy (non-hydrogen) atoms. The van der Waals surface area contributed by atoms with E-state index in [2.05, 4.69) is 205 Å². The Bertz CT molecular complexity index is 3450. The smallest absolute Gasteiger partial charge is 0.143 e. The maximum atomic E-state index is 6.52. The molecule has 1 aliphatic carbocycles. The Morgan fingerprint density at radius 2 is 0.952 bits per heavy atom. The molecule has 0 amide bonds. The van der Waals surface area contributed by atoms with Gasteiger partial charge in [-0.05, 0) is 104 Å². The summed E-state index contributed by atoms with van der Waals surface area (Å²) >= 11 is 0. The van der Waals surface area contributed by atoms with Crippen LogP contribution in [0.4, 0.5) is 17.1 Å². The first kappa shape index (κ1) is 36.4. The summed E-state index contributed by atoms with van der Waals surface area (Å²) in [6.07, 6.45) is 6.45. The zero-order valence-corrected chi connectivity index (χ0v) is 34.6. The quantitative estimate of drug-likeness (QED) is 0.149. The Morgan fingerprint density at radius 3 is 1.76 bits per heavy atom. The van der Waals surface area contributed by atoms with E-state index in [1.54, 1.807) is 0 Å². The maximum absolute atomic E-state index is 6.52. The van der Waals surface area contributed by atoms with Gasteiger partial charge in [0.15, 0.2) is 0 Å². The Balaban J connectivity index is 1.08. The topological polar surface area (TPSA) is 16.4 Å². The fraction of sp³-hybridized carbons (Fsp3) is 0.100. The SMILES string of the molecule is c1ccc(N(c2ccc(-c3cccc4c3oc3ccccc34)cc2)c2ccccc2-c2cccc3cccc(C4CCCCC4)c23)c(-c2cccc3c2ccc2ccccc23)c1. The van der Waals surface area contributed by atoms with E-state index < -0.39 is 0 Å². The Hall–Kier alpha value is -7.42. The number of rotatable bonds is 7. The normalized spacial score (nSPS) is 13.4. The number of fused-ring (bicyclic) bond motifs is 7. The first-order chi connectivity index (χ1) is 30.8. The van der Waals surface area contributed by atoms with Gasteiger partial charge in [-0.1, -0.05) is 195 Å². The van der Waals surface area contributed by atoms with E-state index >= 15 is 0 Å². The summed E-state index contributed by atoms with van der Waals surface area (Å²) in [5.74, 6) is 0.573. The highest BCUT2D eigenvalue weighted by Crippen LogP contribution is 2.49. The van der Waals surface area contributed by atoms with Crippen LogP contribution in [0.1, 0.15) is 43.6 Å². The third kappa shape index (κ3) is 6.09. The molecule has 1 saturated carbocycles. The van der Waals surface area contributed by atoms with Crippen LogP contribution in [0.15, 0.2) is 211 Å². The molecule has 11 aromatic rings. The van der Waals surface area contributed by atoms with Crippen LogP contribution in [0, 0.1) is 0 Å². The van der Waals surface area contributed by atoms with Gasteiger partial charge in [0.25, 0.3) is 0 Å². The molecule has 0 aliphatic heterocycles. The molecule has 0 radical (unpaired) electrons. The first-order valence-electron chi connectivity index (χ1n) is 22.2. The van der Waals surface area contributed by atoms with Crippen molar-refractivity contribution in [1.29, 1.82) is 0 Å². The van der Waals surface area contributed by atoms with Crippen molar-refractivity contribution in [3.8, 4) is 33.4 Å². The van der Waals surface area contributed by atoms with Crippen LogP contribution in [0.5, 0.6) is 0 Å². The monoisotopic (exact) mass is 795 g/mol. The zero-order chi connectivity index (χ0) is 41.0. The average Bonchev–Trinajstić information content (AvgIpc) is 3.73. The Morgan fingerprint density at radius 1 is 0.371 bits per heavy atom. The number of benzene rings is 10. The minimum atomic E-state index is 0.573. The van der Waals surface area contributed by atoms with Gasteiger partial charge in [-0.2, -0.15) is 0 Å². The van der Waals surface area contributed by atoms with E-state index in [9.17, 15) is 0 Å². The summed E-state index contributed by atoms with van der Waals surface area (Å²) in [5.41, 5.74) is 13.8. The molecule has 2 nitrogen and oxygen atoms in total. The number of nitrogens with zero attached hydrogens (tertiary/aromatic N) is 1. The number of para-hydroxylation sites is 4. The van der Waals surface area contributed by atoms with E-state index in [-0.39, 0.29) is 0 Å². The molecular weight excluding hydrogens is 751 g/mol. The van der Waals surface area contributed by atoms with Crippen molar-refractivity contribution in [3.05, 3.63) is 212 Å². The molecule has 12 rings (SSSR count). The molecule has 0 unspecified atom stereocenters. The largest absolute Gasteiger partial charge is 0.455 e. The van der Waals surface area contributed by atoms with Gasteiger partial charge in [-0.15, -0.1) is 0 Å². The van der Waals surface area contributed by atoms with Crippen molar-refractivity contribution in [1.82, 2.24) is 0 Å². The lowest BCUT2D eigenvalue weighted by molar-refractivity contribution is 0.445. The van der Waals surface area contributed by atoms with Gasteiger partial charge in [-0.3, -0.25) is 0 Å². The lowest BCUT2D eigenvalue weighted by atomic mass is 9.80. The number of hydrogen-bond acceptors (Lipinski definition) is 2. The third-order valence-electron chi connectivity index (χ3n) is 13.5. The van der Waals surface area contributed by atoms with Crippen LogP contribution in [-0.2, 0) is 0 Å². The standard InChI is InChI=1S/C60H45NO/c1-2-16-40(17-3-1)46-25-12-19-43-20-13-29-54(59(43)46)52-23-7-10-32-57(52)61(44-37-34-42(35-38-44)47-26-14-30-55-53-24-8-11-33-58(53)62-60(47)55)56-31-9-6-22-51(56)49-28-15-27-48-45-21-5-4-18-41(45)36-39-50(48)49/h4-15,18-40H,1-3,16-17H2. The molecule has 1 aromatic heterocycles. The van der Waals surface area contributed by atoms with Gasteiger partial charge in [0, 0.05) is 33.2 Å².